The second-order valence-corrected chi connectivity index (χ2v) is 5.17. The van der Waals surface area contributed by atoms with E-state index >= 15 is 0 Å². The third kappa shape index (κ3) is 2.78. The maximum absolute atomic E-state index is 12.4. The molecule has 2 aromatic rings. The molecule has 0 bridgehead atoms. The van der Waals surface area contributed by atoms with Crippen molar-refractivity contribution in [3.05, 3.63) is 34.9 Å². The van der Waals surface area contributed by atoms with Crippen molar-refractivity contribution in [1.82, 2.24) is 9.27 Å². The lowest BCUT2D eigenvalue weighted by Crippen LogP contribution is -2.26. The summed E-state index contributed by atoms with van der Waals surface area (Å²) in [6.07, 6.45) is 0. The molecular weight excluding hydrogens is 262 g/mol. The highest BCUT2D eigenvalue weighted by Gasteiger charge is 2.21. The molecule has 0 spiro atoms. The van der Waals surface area contributed by atoms with Crippen LogP contribution in [0.3, 0.4) is 0 Å². The van der Waals surface area contributed by atoms with Gasteiger partial charge in [0.05, 0.1) is 17.8 Å². The average molecular weight is 279 g/mol. The van der Waals surface area contributed by atoms with Gasteiger partial charge in [-0.1, -0.05) is 0 Å². The average Bonchev–Trinajstić information content (AvgIpc) is 2.94. The van der Waals surface area contributed by atoms with Gasteiger partial charge in [0, 0.05) is 14.1 Å². The molecule has 0 fully saturated rings. The lowest BCUT2D eigenvalue weighted by atomic mass is 10.2. The van der Waals surface area contributed by atoms with Gasteiger partial charge in [0.1, 0.15) is 16.5 Å². The molecular formula is C13H17N3O2S. The Labute approximate surface area is 116 Å². The van der Waals surface area contributed by atoms with Crippen LogP contribution in [0.25, 0.3) is 0 Å². The second-order valence-electron chi connectivity index (χ2n) is 4.40. The van der Waals surface area contributed by atoms with Crippen molar-refractivity contribution in [3.63, 3.8) is 0 Å². The van der Waals surface area contributed by atoms with Gasteiger partial charge in [-0.05, 0) is 37.5 Å². The summed E-state index contributed by atoms with van der Waals surface area (Å²) >= 11 is 1.30. The molecule has 1 N–H and O–H groups in total. The number of furan rings is 1. The highest BCUT2D eigenvalue weighted by atomic mass is 32.1. The van der Waals surface area contributed by atoms with Crippen molar-refractivity contribution < 1.29 is 9.21 Å². The molecule has 2 aromatic heterocycles. The Hall–Kier alpha value is -1.82. The predicted molar refractivity (Wildman–Crippen MR) is 75.6 cm³/mol. The molecule has 102 valence electrons. The zero-order valence-corrected chi connectivity index (χ0v) is 12.3. The van der Waals surface area contributed by atoms with Gasteiger partial charge in [0.2, 0.25) is 0 Å². The molecule has 0 radical (unpaired) electrons. The normalized spacial score (nSPS) is 10.5. The first-order valence-corrected chi connectivity index (χ1v) is 6.75. The van der Waals surface area contributed by atoms with Crippen LogP contribution in [0.1, 0.15) is 27.6 Å². The summed E-state index contributed by atoms with van der Waals surface area (Å²) in [5, 5.41) is 3.80. The van der Waals surface area contributed by atoms with Crippen molar-refractivity contribution in [2.45, 2.75) is 20.4 Å². The van der Waals surface area contributed by atoms with Gasteiger partial charge in [-0.3, -0.25) is 4.79 Å². The fraction of sp³-hybridized carbons (Fsp3) is 0.385. The van der Waals surface area contributed by atoms with Crippen LogP contribution >= 0.6 is 11.5 Å². The molecule has 6 heteroatoms. The Balaban J connectivity index is 2.16. The maximum atomic E-state index is 12.4. The lowest BCUT2D eigenvalue weighted by Gasteiger charge is -2.16. The number of carbonyl (C=O) groups excluding carboxylic acids is 1. The van der Waals surface area contributed by atoms with Gasteiger partial charge in [0.15, 0.2) is 0 Å². The molecule has 0 unspecified atom stereocenters. The van der Waals surface area contributed by atoms with Crippen LogP contribution in [0.2, 0.25) is 0 Å². The van der Waals surface area contributed by atoms with E-state index in [2.05, 4.69) is 9.69 Å². The lowest BCUT2D eigenvalue weighted by molar-refractivity contribution is 0.0775. The fourth-order valence-electron chi connectivity index (χ4n) is 1.86. The number of carbonyl (C=O) groups is 1. The molecule has 0 saturated heterocycles. The van der Waals surface area contributed by atoms with Gasteiger partial charge in [-0.25, -0.2) is 0 Å². The van der Waals surface area contributed by atoms with Gasteiger partial charge in [-0.2, -0.15) is 4.37 Å². The number of hydrogen-bond donors (Lipinski definition) is 1. The number of rotatable bonds is 4. The van der Waals surface area contributed by atoms with E-state index in [1.807, 2.05) is 26.0 Å². The molecule has 2 heterocycles. The zero-order chi connectivity index (χ0) is 14.0. The molecule has 0 aliphatic heterocycles. The number of anilines is 1. The van der Waals surface area contributed by atoms with E-state index in [-0.39, 0.29) is 5.91 Å². The van der Waals surface area contributed by atoms with Crippen LogP contribution < -0.4 is 5.32 Å². The van der Waals surface area contributed by atoms with Crippen LogP contribution in [-0.4, -0.2) is 29.3 Å². The first kappa shape index (κ1) is 13.6. The Bertz CT molecular complexity index is 588. The third-order valence-corrected chi connectivity index (χ3v) is 3.80. The Kier molecular flexibility index (Phi) is 3.90. The first-order valence-electron chi connectivity index (χ1n) is 5.97. The monoisotopic (exact) mass is 279 g/mol. The van der Waals surface area contributed by atoms with E-state index in [1.165, 1.54) is 11.5 Å². The minimum Gasteiger partial charge on any atom is -0.464 e. The Morgan fingerprint density at radius 3 is 2.79 bits per heavy atom. The summed E-state index contributed by atoms with van der Waals surface area (Å²) in [5.41, 5.74) is 1.39. The van der Waals surface area contributed by atoms with Crippen molar-refractivity contribution in [2.75, 3.05) is 19.4 Å². The summed E-state index contributed by atoms with van der Waals surface area (Å²) < 4.78 is 9.70. The number of nitrogens with one attached hydrogen (secondary N) is 1. The van der Waals surface area contributed by atoms with E-state index in [1.54, 1.807) is 19.0 Å². The van der Waals surface area contributed by atoms with Crippen LogP contribution in [0.5, 0.6) is 0 Å². The quantitative estimate of drug-likeness (QED) is 0.934. The number of aromatic nitrogens is 1. The van der Waals surface area contributed by atoms with Gasteiger partial charge >= 0.3 is 0 Å². The van der Waals surface area contributed by atoms with E-state index in [0.29, 0.717) is 12.1 Å². The van der Waals surface area contributed by atoms with Crippen molar-refractivity contribution in [1.29, 1.82) is 0 Å². The number of amides is 1. The Morgan fingerprint density at radius 1 is 1.47 bits per heavy atom. The summed E-state index contributed by atoms with van der Waals surface area (Å²) in [6, 6.07) is 3.78. The molecule has 1 amide bonds. The van der Waals surface area contributed by atoms with E-state index in [4.69, 9.17) is 4.42 Å². The summed E-state index contributed by atoms with van der Waals surface area (Å²) in [7, 11) is 3.55. The van der Waals surface area contributed by atoms with E-state index in [0.717, 1.165) is 22.2 Å². The smallest absolute Gasteiger partial charge is 0.258 e. The van der Waals surface area contributed by atoms with Gasteiger partial charge < -0.3 is 14.6 Å². The standard InChI is InChI=1S/C13H17N3O2S/c1-8-5-6-10(18-8)7-16(4)13(17)11-9(2)15-19-12(11)14-3/h5-6,14H,7H2,1-4H3. The zero-order valence-electron chi connectivity index (χ0n) is 11.5. The van der Waals surface area contributed by atoms with Gasteiger partial charge in [0.25, 0.3) is 5.91 Å². The Morgan fingerprint density at radius 2 is 2.21 bits per heavy atom. The minimum absolute atomic E-state index is 0.0512. The van der Waals surface area contributed by atoms with Crippen LogP contribution in [0, 0.1) is 13.8 Å². The topological polar surface area (TPSA) is 58.4 Å². The van der Waals surface area contributed by atoms with Crippen molar-refractivity contribution in [2.24, 2.45) is 0 Å². The number of hydrogen-bond acceptors (Lipinski definition) is 5. The van der Waals surface area contributed by atoms with Crippen molar-refractivity contribution >= 4 is 22.4 Å². The van der Waals surface area contributed by atoms with Crippen molar-refractivity contribution in [3.8, 4) is 0 Å². The predicted octanol–water partition coefficient (Wildman–Crippen LogP) is 2.67. The molecule has 0 aromatic carbocycles. The van der Waals surface area contributed by atoms with E-state index < -0.39 is 0 Å². The third-order valence-electron chi connectivity index (χ3n) is 2.84. The molecule has 2 rings (SSSR count). The molecule has 19 heavy (non-hydrogen) atoms. The highest BCUT2D eigenvalue weighted by Crippen LogP contribution is 2.25. The molecule has 0 aliphatic rings. The van der Waals surface area contributed by atoms with Crippen LogP contribution in [0.4, 0.5) is 5.00 Å². The summed E-state index contributed by atoms with van der Waals surface area (Å²) in [5.74, 6) is 1.57. The fourth-order valence-corrected chi connectivity index (χ4v) is 2.60. The molecule has 0 aliphatic carbocycles. The second kappa shape index (κ2) is 5.44. The molecule has 0 saturated carbocycles. The maximum Gasteiger partial charge on any atom is 0.258 e. The molecule has 0 atom stereocenters. The summed E-state index contributed by atoms with van der Waals surface area (Å²) in [6.45, 7) is 4.18. The minimum atomic E-state index is -0.0512. The van der Waals surface area contributed by atoms with E-state index in [9.17, 15) is 4.79 Å². The van der Waals surface area contributed by atoms with Crippen LogP contribution in [0.15, 0.2) is 16.5 Å². The highest BCUT2D eigenvalue weighted by molar-refractivity contribution is 7.10. The van der Waals surface area contributed by atoms with Crippen LogP contribution in [-0.2, 0) is 6.54 Å². The number of aryl methyl sites for hydroxylation is 2. The van der Waals surface area contributed by atoms with Gasteiger partial charge in [-0.15, -0.1) is 0 Å². The first-order chi connectivity index (χ1) is 9.02. The SMILES string of the molecule is CNc1snc(C)c1C(=O)N(C)Cc1ccc(C)o1. The largest absolute Gasteiger partial charge is 0.464 e. The summed E-state index contributed by atoms with van der Waals surface area (Å²) in [4.78, 5) is 14.1. The molecule has 5 nitrogen and oxygen atoms in total. The number of nitrogens with zero attached hydrogens (tertiary/aromatic N) is 2.